The van der Waals surface area contributed by atoms with Gasteiger partial charge in [0, 0.05) is 54.8 Å². The van der Waals surface area contributed by atoms with E-state index in [4.69, 9.17) is 15.0 Å². The summed E-state index contributed by atoms with van der Waals surface area (Å²) in [7, 11) is 0. The maximum Gasteiger partial charge on any atom is 0.238 e. The molecule has 0 fully saturated rings. The number of aryl methyl sites for hydroxylation is 4. The zero-order chi connectivity index (χ0) is 40.9. The Morgan fingerprint density at radius 3 is 0.967 bits per heavy atom. The molecule has 0 bridgehead atoms. The highest BCUT2D eigenvalue weighted by Gasteiger charge is 2.22. The molecule has 0 radical (unpaired) electrons. The summed E-state index contributed by atoms with van der Waals surface area (Å²) in [4.78, 5) is 15.5. The monoisotopic (exact) mass is 784 g/mol. The molecule has 61 heavy (non-hydrogen) atoms. The van der Waals surface area contributed by atoms with Gasteiger partial charge in [-0.2, -0.15) is 9.97 Å². The van der Waals surface area contributed by atoms with Crippen molar-refractivity contribution < 1.29 is 0 Å². The van der Waals surface area contributed by atoms with E-state index in [1.165, 1.54) is 65.9 Å². The third-order valence-electron chi connectivity index (χ3n) is 12.3. The van der Waals surface area contributed by atoms with Gasteiger partial charge in [0.2, 0.25) is 5.95 Å². The lowest BCUT2D eigenvalue weighted by Gasteiger charge is -2.12. The van der Waals surface area contributed by atoms with Gasteiger partial charge in [0.05, 0.1) is 33.1 Å². The first kappa shape index (κ1) is 35.1. The average molecular weight is 785 g/mol. The maximum absolute atomic E-state index is 5.24. The molecule has 290 valence electrons. The Labute approximate surface area is 352 Å². The van der Waals surface area contributed by atoms with Gasteiger partial charge in [-0.1, -0.05) is 107 Å². The Bertz CT molecular complexity index is 3380. The van der Waals surface area contributed by atoms with Crippen LogP contribution in [0.5, 0.6) is 0 Å². The minimum atomic E-state index is 0.568. The lowest BCUT2D eigenvalue weighted by Crippen LogP contribution is -2.06. The lowest BCUT2D eigenvalue weighted by molar-refractivity contribution is 0.953. The Morgan fingerprint density at radius 1 is 0.295 bits per heavy atom. The van der Waals surface area contributed by atoms with Gasteiger partial charge in [-0.3, -0.25) is 4.57 Å². The van der Waals surface area contributed by atoms with E-state index in [1.807, 2.05) is 36.4 Å². The van der Waals surface area contributed by atoms with E-state index in [9.17, 15) is 0 Å². The molecule has 0 spiro atoms. The van der Waals surface area contributed by atoms with Crippen LogP contribution in [0.1, 0.15) is 22.3 Å². The van der Waals surface area contributed by atoms with Crippen LogP contribution in [0.3, 0.4) is 0 Å². The van der Waals surface area contributed by atoms with Crippen LogP contribution >= 0.6 is 0 Å². The summed E-state index contributed by atoms with van der Waals surface area (Å²) in [6.45, 7) is 8.68. The quantitative estimate of drug-likeness (QED) is 0.175. The third-order valence-corrected chi connectivity index (χ3v) is 12.3. The fourth-order valence-electron chi connectivity index (χ4n) is 9.45. The van der Waals surface area contributed by atoms with Crippen molar-refractivity contribution in [2.45, 2.75) is 27.7 Å². The lowest BCUT2D eigenvalue weighted by atomic mass is 10.1. The SMILES string of the molecule is Cc1ccc2c(c1)c1cc(C)ccc1n2-c1ccc2c(c1)c1cc(-n3c4ccc(C)cc4c4cc(C)ccc43)ccc1n2-c1nc(-c2ccccc2)nc(-c2ccccc2)n1. The minimum absolute atomic E-state index is 0.568. The van der Waals surface area contributed by atoms with E-state index in [0.717, 1.165) is 44.3 Å². The Hall–Kier alpha value is -7.83. The summed E-state index contributed by atoms with van der Waals surface area (Å²) in [5.41, 5.74) is 15.8. The maximum atomic E-state index is 5.24. The van der Waals surface area contributed by atoms with Crippen LogP contribution in [-0.4, -0.2) is 28.7 Å². The normalized spacial score (nSPS) is 11.9. The number of rotatable bonds is 5. The predicted octanol–water partition coefficient (Wildman–Crippen LogP) is 13.7. The fourth-order valence-corrected chi connectivity index (χ4v) is 9.45. The molecule has 0 saturated carbocycles. The molecule has 0 aliphatic carbocycles. The van der Waals surface area contributed by atoms with Crippen LogP contribution in [0.15, 0.2) is 170 Å². The number of benzene rings is 8. The highest BCUT2D eigenvalue weighted by Crippen LogP contribution is 2.40. The zero-order valence-corrected chi connectivity index (χ0v) is 34.3. The summed E-state index contributed by atoms with van der Waals surface area (Å²) in [5.74, 6) is 1.82. The van der Waals surface area contributed by atoms with E-state index < -0.39 is 0 Å². The van der Waals surface area contributed by atoms with Crippen LogP contribution in [0.2, 0.25) is 0 Å². The zero-order valence-electron chi connectivity index (χ0n) is 34.3. The molecule has 0 N–H and O–H groups in total. The second kappa shape index (κ2) is 13.3. The molecule has 0 aliphatic heterocycles. The predicted molar refractivity (Wildman–Crippen MR) is 253 cm³/mol. The standard InChI is InChI=1S/C55H40N6/c1-33-15-21-47-41(27-33)42-28-34(2)16-22-48(42)59(47)39-19-25-51-45(31-39)46-32-40(60-49-23-17-35(3)29-43(49)44-30-36(4)18-24-50(44)60)20-26-52(46)61(51)55-57-53(37-11-7-5-8-12-37)56-54(58-55)38-13-9-6-10-14-38/h5-32H,1-4H3. The summed E-state index contributed by atoms with van der Waals surface area (Å²) in [6.07, 6.45) is 0. The molecule has 0 aliphatic rings. The third kappa shape index (κ3) is 5.52. The van der Waals surface area contributed by atoms with Gasteiger partial charge < -0.3 is 9.13 Å². The summed E-state index contributed by atoms with van der Waals surface area (Å²) in [6, 6.07) is 61.2. The van der Waals surface area contributed by atoms with Crippen LogP contribution in [-0.2, 0) is 0 Å². The van der Waals surface area contributed by atoms with Gasteiger partial charge >= 0.3 is 0 Å². The molecular formula is C55H40N6. The van der Waals surface area contributed by atoms with Gasteiger partial charge in [0.1, 0.15) is 0 Å². The van der Waals surface area contributed by atoms with Gasteiger partial charge in [-0.15, -0.1) is 0 Å². The first-order valence-corrected chi connectivity index (χ1v) is 20.9. The van der Waals surface area contributed by atoms with Crippen LogP contribution in [0.4, 0.5) is 0 Å². The van der Waals surface area contributed by atoms with Crippen molar-refractivity contribution in [3.8, 4) is 40.1 Å². The number of hydrogen-bond donors (Lipinski definition) is 0. The molecule has 4 heterocycles. The molecule has 4 aromatic heterocycles. The largest absolute Gasteiger partial charge is 0.309 e. The minimum Gasteiger partial charge on any atom is -0.309 e. The van der Waals surface area contributed by atoms with Crippen molar-refractivity contribution in [3.63, 3.8) is 0 Å². The highest BCUT2D eigenvalue weighted by atomic mass is 15.2. The summed E-state index contributed by atoms with van der Waals surface area (Å²) >= 11 is 0. The Morgan fingerprint density at radius 2 is 0.607 bits per heavy atom. The average Bonchev–Trinajstić information content (AvgIpc) is 3.90. The number of nitrogens with zero attached hydrogens (tertiary/aromatic N) is 6. The van der Waals surface area contributed by atoms with Crippen molar-refractivity contribution in [2.75, 3.05) is 0 Å². The van der Waals surface area contributed by atoms with E-state index in [-0.39, 0.29) is 0 Å². The highest BCUT2D eigenvalue weighted by molar-refractivity contribution is 6.14. The van der Waals surface area contributed by atoms with Crippen molar-refractivity contribution in [1.82, 2.24) is 28.7 Å². The van der Waals surface area contributed by atoms with Crippen molar-refractivity contribution >= 4 is 65.4 Å². The van der Waals surface area contributed by atoms with Crippen molar-refractivity contribution in [2.24, 2.45) is 0 Å². The van der Waals surface area contributed by atoms with E-state index in [0.29, 0.717) is 17.6 Å². The van der Waals surface area contributed by atoms with Crippen LogP contribution < -0.4 is 0 Å². The number of aromatic nitrogens is 6. The summed E-state index contributed by atoms with van der Waals surface area (Å²) < 4.78 is 7.05. The van der Waals surface area contributed by atoms with Gasteiger partial charge in [-0.25, -0.2) is 4.98 Å². The van der Waals surface area contributed by atoms with Gasteiger partial charge in [0.15, 0.2) is 11.6 Å². The second-order valence-corrected chi connectivity index (χ2v) is 16.5. The number of hydrogen-bond acceptors (Lipinski definition) is 3. The molecule has 0 amide bonds. The smallest absolute Gasteiger partial charge is 0.238 e. The molecular weight excluding hydrogens is 745 g/mol. The first-order chi connectivity index (χ1) is 29.9. The Balaban J connectivity index is 1.18. The van der Waals surface area contributed by atoms with E-state index in [2.05, 4.69) is 175 Å². The first-order valence-electron chi connectivity index (χ1n) is 20.9. The molecule has 12 rings (SSSR count). The van der Waals surface area contributed by atoms with Crippen molar-refractivity contribution in [3.05, 3.63) is 192 Å². The second-order valence-electron chi connectivity index (χ2n) is 16.5. The molecule has 0 saturated heterocycles. The molecule has 12 aromatic rings. The molecule has 6 heteroatoms. The molecule has 6 nitrogen and oxygen atoms in total. The fraction of sp³-hybridized carbons (Fsp3) is 0.0727. The van der Waals surface area contributed by atoms with Crippen LogP contribution in [0.25, 0.3) is 106 Å². The van der Waals surface area contributed by atoms with Crippen LogP contribution in [0, 0.1) is 27.7 Å². The summed E-state index contributed by atoms with van der Waals surface area (Å²) in [5, 5.41) is 7.25. The van der Waals surface area contributed by atoms with Crippen molar-refractivity contribution in [1.29, 1.82) is 0 Å². The van der Waals surface area contributed by atoms with Gasteiger partial charge in [0.25, 0.3) is 0 Å². The topological polar surface area (TPSA) is 53.5 Å². The number of fused-ring (bicyclic) bond motifs is 9. The Kier molecular flexibility index (Phi) is 7.69. The van der Waals surface area contributed by atoms with E-state index >= 15 is 0 Å². The van der Waals surface area contributed by atoms with E-state index in [1.54, 1.807) is 0 Å². The molecule has 0 atom stereocenters. The van der Waals surface area contributed by atoms with Gasteiger partial charge in [-0.05, 0) is 113 Å². The molecule has 8 aromatic carbocycles. The molecule has 0 unspecified atom stereocenters.